The summed E-state index contributed by atoms with van der Waals surface area (Å²) in [6, 6.07) is 0. The zero-order valence-corrected chi connectivity index (χ0v) is 5.73. The summed E-state index contributed by atoms with van der Waals surface area (Å²) in [6.07, 6.45) is 5.96. The average molecular weight is 96.1 g/mol. The van der Waals surface area contributed by atoms with E-state index in [-0.39, 0.29) is 32.2 Å². The first-order valence-corrected chi connectivity index (χ1v) is 0.750. The van der Waals surface area contributed by atoms with Crippen molar-refractivity contribution < 1.29 is 0 Å². The zero-order chi connectivity index (χ0) is 2.71. The van der Waals surface area contributed by atoms with Crippen LogP contribution in [0.4, 0.5) is 0 Å². The van der Waals surface area contributed by atoms with Gasteiger partial charge < -0.3 is 27.2 Å². The molecule has 0 aromatic rings. The van der Waals surface area contributed by atoms with Crippen molar-refractivity contribution in [2.75, 3.05) is 0 Å². The van der Waals surface area contributed by atoms with Crippen molar-refractivity contribution in [1.29, 1.82) is 0 Å². The van der Waals surface area contributed by atoms with Gasteiger partial charge in [-0.2, -0.15) is 0 Å². The molecule has 0 spiro atoms. The smallest absolute Gasteiger partial charge is 0.694 e. The second-order valence-electron chi connectivity index (χ2n) is 0.250. The molecule has 0 atom stereocenters. The molecule has 0 fully saturated rings. The minimum Gasteiger partial charge on any atom is -0.694 e. The Kier molecular flexibility index (Phi) is 430. The van der Waals surface area contributed by atoms with E-state index in [1.54, 1.807) is 6.92 Å². The van der Waals surface area contributed by atoms with E-state index < -0.39 is 0 Å². The van der Waals surface area contributed by atoms with Crippen LogP contribution < -0.4 is 0 Å². The van der Waals surface area contributed by atoms with Gasteiger partial charge in [-0.25, -0.2) is 0 Å². The Balaban J connectivity index is -0.00000000667. The van der Waals surface area contributed by atoms with Crippen LogP contribution >= 0.6 is 0 Å². The fraction of sp³-hybridized carbons (Fsp3) is 0.200. The molecule has 0 unspecified atom stereocenters. The first-order valence-electron chi connectivity index (χ1n) is 0.750. The monoisotopic (exact) mass is 96.1 g/mol. The van der Waals surface area contributed by atoms with Gasteiger partial charge in [0.05, 0.1) is 0 Å². The Bertz CT molecular complexity index is 25.4. The van der Waals surface area contributed by atoms with Crippen LogP contribution in [0.15, 0.2) is 0 Å². The van der Waals surface area contributed by atoms with Crippen molar-refractivity contribution in [2.45, 2.75) is 6.92 Å². The van der Waals surface area contributed by atoms with Gasteiger partial charge in [0.2, 0.25) is 0 Å². The van der Waals surface area contributed by atoms with E-state index in [1.165, 1.54) is 0 Å². The minimum atomic E-state index is 0. The van der Waals surface area contributed by atoms with Crippen molar-refractivity contribution in [2.24, 2.45) is 0 Å². The summed E-state index contributed by atoms with van der Waals surface area (Å²) in [6.45, 7) is 1.54. The largest absolute Gasteiger partial charge is 3.00 e. The molecule has 0 saturated heterocycles. The van der Waals surface area contributed by atoms with Gasteiger partial charge in [-0.1, -0.05) is 0 Å². The van der Waals surface area contributed by atoms with Crippen LogP contribution in [0.3, 0.4) is 0 Å². The molecule has 0 aromatic carbocycles. The van der Waals surface area contributed by atoms with Gasteiger partial charge in [-0.3, -0.25) is 0 Å². The molecule has 0 radical (unpaired) electrons. The Morgan fingerprint density at radius 3 is 1.33 bits per heavy atom. The van der Waals surface area contributed by atoms with Gasteiger partial charge >= 0.3 is 17.4 Å². The van der Waals surface area contributed by atoms with E-state index in [9.17, 15) is 0 Å². The van der Waals surface area contributed by atoms with Crippen LogP contribution in [0.1, 0.15) is 6.92 Å². The molecule has 1 heteroatoms. The van der Waals surface area contributed by atoms with Gasteiger partial charge in [0, 0.05) is 0 Å². The summed E-state index contributed by atoms with van der Waals surface area (Å²) in [7, 11) is 0. The van der Waals surface area contributed by atoms with Crippen molar-refractivity contribution in [3.05, 3.63) is 21.3 Å². The molecular weight excluding hydrogens is 87.0 g/mol. The van der Waals surface area contributed by atoms with Gasteiger partial charge in [0.15, 0.2) is 0 Å². The molecule has 0 saturated carbocycles. The van der Waals surface area contributed by atoms with Crippen LogP contribution in [0.5, 0.6) is 0 Å². The summed E-state index contributed by atoms with van der Waals surface area (Å²) in [5, 5.41) is 0. The molecule has 0 aliphatic heterocycles. The third-order valence-electron chi connectivity index (χ3n) is 0. The maximum atomic E-state index is 5.96. The van der Waals surface area contributed by atoms with Gasteiger partial charge in [-0.05, 0) is 6.92 Å². The molecule has 0 rings (SSSR count). The van der Waals surface area contributed by atoms with Crippen LogP contribution in [0.2, 0.25) is 0 Å². The average Bonchev–Trinajstić information content (AvgIpc) is 0.918. The molecule has 0 nitrogen and oxygen atoms in total. The van der Waals surface area contributed by atoms with Crippen molar-refractivity contribution in [1.82, 2.24) is 0 Å². The van der Waals surface area contributed by atoms with Crippen LogP contribution in [-0.2, 0) is 0 Å². The molecule has 0 aliphatic rings. The second kappa shape index (κ2) is 71.5. The molecule has 0 heterocycles. The molecule has 0 aromatic heterocycles. The normalized spacial score (nSPS) is 1.33. The van der Waals surface area contributed by atoms with Gasteiger partial charge in [-0.15, -0.1) is 0 Å². The fourth-order valence-corrected chi connectivity index (χ4v) is 0. The van der Waals surface area contributed by atoms with Crippen molar-refractivity contribution in [3.8, 4) is 5.92 Å². The Morgan fingerprint density at radius 2 is 1.33 bits per heavy atom. The maximum Gasteiger partial charge on any atom is 3.00 e. The molecule has 0 bridgehead atoms. The third-order valence-corrected chi connectivity index (χ3v) is 0. The molecular formula is C5H9Al. The molecule has 0 amide bonds. The van der Waals surface area contributed by atoms with Crippen LogP contribution in [-0.4, -0.2) is 17.4 Å². The van der Waals surface area contributed by atoms with E-state index >= 15 is 0 Å². The van der Waals surface area contributed by atoms with Crippen LogP contribution in [0.25, 0.3) is 0 Å². The minimum absolute atomic E-state index is 0. The van der Waals surface area contributed by atoms with E-state index in [4.69, 9.17) is 6.42 Å². The van der Waals surface area contributed by atoms with Crippen LogP contribution in [0, 0.1) is 27.2 Å². The van der Waals surface area contributed by atoms with E-state index in [2.05, 4.69) is 0 Å². The summed E-state index contributed by atoms with van der Waals surface area (Å²) >= 11 is 0. The first kappa shape index (κ1) is 36.1. The topological polar surface area (TPSA) is 0 Å². The fourth-order valence-electron chi connectivity index (χ4n) is 0. The van der Waals surface area contributed by atoms with E-state index in [0.29, 0.717) is 0 Å². The molecule has 32 valence electrons. The molecule has 0 aliphatic carbocycles. The van der Waals surface area contributed by atoms with Crippen molar-refractivity contribution >= 4 is 17.4 Å². The van der Waals surface area contributed by atoms with Gasteiger partial charge in [0.25, 0.3) is 0 Å². The Hall–Kier alpha value is 0.0925. The Morgan fingerprint density at radius 1 is 1.33 bits per heavy atom. The zero-order valence-electron chi connectivity index (χ0n) is 4.58. The standard InChI is InChI=1S/C3H3.2CH3.Al/c1-3-2;;;/h1H3;2*1H3;/q3*-1;+3. The number of hydrogen-bond acceptors (Lipinski definition) is 0. The van der Waals surface area contributed by atoms with Crippen molar-refractivity contribution in [3.63, 3.8) is 0 Å². The molecule has 6 heavy (non-hydrogen) atoms. The summed E-state index contributed by atoms with van der Waals surface area (Å²) < 4.78 is 0. The quantitative estimate of drug-likeness (QED) is 0.241. The number of hydrogen-bond donors (Lipinski definition) is 0. The predicted octanol–water partition coefficient (Wildman–Crippen LogP) is 1.12. The summed E-state index contributed by atoms with van der Waals surface area (Å²) in [5.74, 6) is 2.00. The predicted molar refractivity (Wildman–Crippen MR) is 31.4 cm³/mol. The third kappa shape index (κ3) is 4580. The summed E-state index contributed by atoms with van der Waals surface area (Å²) in [5.41, 5.74) is 0. The maximum absolute atomic E-state index is 5.96. The van der Waals surface area contributed by atoms with E-state index in [0.717, 1.165) is 0 Å². The second-order valence-corrected chi connectivity index (χ2v) is 0.250. The Labute approximate surface area is 52.1 Å². The number of rotatable bonds is 0. The first-order chi connectivity index (χ1) is 1.41. The summed E-state index contributed by atoms with van der Waals surface area (Å²) in [4.78, 5) is 0. The van der Waals surface area contributed by atoms with Gasteiger partial charge in [0.1, 0.15) is 0 Å². The SMILES string of the molecule is [Al+3].[C-]#CC.[CH3-].[CH3-]. The van der Waals surface area contributed by atoms with E-state index in [1.807, 2.05) is 5.92 Å². The molecule has 0 N–H and O–H groups in total.